The average Bonchev–Trinajstić information content (AvgIpc) is 3.34. The molecule has 0 unspecified atom stereocenters. The fourth-order valence-corrected chi connectivity index (χ4v) is 6.23. The van der Waals surface area contributed by atoms with Crippen LogP contribution in [0.3, 0.4) is 0 Å². The van der Waals surface area contributed by atoms with Crippen molar-refractivity contribution in [2.75, 3.05) is 63.9 Å². The molecule has 2 aliphatic heterocycles. The van der Waals surface area contributed by atoms with Crippen LogP contribution in [0.2, 0.25) is 0 Å². The first-order valence-electron chi connectivity index (χ1n) is 16.6. The Bertz CT molecular complexity index is 1330. The van der Waals surface area contributed by atoms with E-state index in [-0.39, 0.29) is 12.9 Å². The first-order valence-corrected chi connectivity index (χ1v) is 16.6. The molecule has 2 saturated heterocycles. The van der Waals surface area contributed by atoms with Crippen LogP contribution in [0, 0.1) is 0 Å². The van der Waals surface area contributed by atoms with Gasteiger partial charge in [0.05, 0.1) is 24.2 Å². The van der Waals surface area contributed by atoms with Gasteiger partial charge >= 0.3 is 5.97 Å². The maximum absolute atomic E-state index is 11.1. The fraction of sp³-hybridized carbons (Fsp3) is 0.528. The number of aromatic nitrogens is 1. The van der Waals surface area contributed by atoms with Crippen molar-refractivity contribution in [3.05, 3.63) is 65.4 Å². The normalized spacial score (nSPS) is 16.1. The average molecular weight is 619 g/mol. The third-order valence-electron chi connectivity index (χ3n) is 8.83. The van der Waals surface area contributed by atoms with Crippen LogP contribution in [0.25, 0.3) is 10.9 Å². The molecule has 0 bridgehead atoms. The monoisotopic (exact) mass is 618 g/mol. The van der Waals surface area contributed by atoms with Crippen LogP contribution in [-0.2, 0) is 28.9 Å². The van der Waals surface area contributed by atoms with Crippen LogP contribution in [0.1, 0.15) is 62.3 Å². The number of anilines is 1. The number of aryl methyl sites for hydroxylation is 2. The third-order valence-corrected chi connectivity index (χ3v) is 8.83. The van der Waals surface area contributed by atoms with Gasteiger partial charge in [-0.25, -0.2) is 0 Å². The van der Waals surface area contributed by atoms with Crippen molar-refractivity contribution in [2.45, 2.75) is 64.7 Å². The molecule has 3 aromatic rings. The molecule has 0 radical (unpaired) electrons. The summed E-state index contributed by atoms with van der Waals surface area (Å²) in [5.41, 5.74) is 5.69. The summed E-state index contributed by atoms with van der Waals surface area (Å²) in [6.45, 7) is 11.4. The van der Waals surface area contributed by atoms with Gasteiger partial charge in [-0.15, -0.1) is 0 Å². The molecule has 0 atom stereocenters. The minimum Gasteiger partial charge on any atom is -0.494 e. The van der Waals surface area contributed by atoms with E-state index in [9.17, 15) is 4.79 Å². The number of likely N-dealkylation sites (tertiary alicyclic amines) is 1. The lowest BCUT2D eigenvalue weighted by molar-refractivity contribution is -0.137. The van der Waals surface area contributed by atoms with E-state index in [4.69, 9.17) is 24.7 Å². The van der Waals surface area contributed by atoms with E-state index in [2.05, 4.69) is 64.1 Å². The number of aliphatic carboxylic acids is 1. The van der Waals surface area contributed by atoms with Gasteiger partial charge in [-0.2, -0.15) is 0 Å². The minimum atomic E-state index is -0.785. The number of carboxylic acid groups (broad SMARTS) is 2. The van der Waals surface area contributed by atoms with Crippen molar-refractivity contribution in [3.8, 4) is 5.75 Å². The van der Waals surface area contributed by atoms with Crippen LogP contribution >= 0.6 is 0 Å². The summed E-state index contributed by atoms with van der Waals surface area (Å²) in [6, 6.07) is 17.3. The highest BCUT2D eigenvalue weighted by Crippen LogP contribution is 2.29. The molecule has 244 valence electrons. The van der Waals surface area contributed by atoms with Gasteiger partial charge < -0.3 is 24.7 Å². The Kier molecular flexibility index (Phi) is 13.9. The number of benzene rings is 2. The summed E-state index contributed by atoms with van der Waals surface area (Å²) in [5, 5.41) is 17.1. The van der Waals surface area contributed by atoms with Gasteiger partial charge in [0.2, 0.25) is 0 Å². The maximum atomic E-state index is 11.1. The van der Waals surface area contributed by atoms with E-state index >= 15 is 0 Å². The van der Waals surface area contributed by atoms with E-state index < -0.39 is 5.97 Å². The highest BCUT2D eigenvalue weighted by molar-refractivity contribution is 5.92. The summed E-state index contributed by atoms with van der Waals surface area (Å²) < 4.78 is 6.04. The molecule has 2 aromatic carbocycles. The van der Waals surface area contributed by atoms with Gasteiger partial charge in [-0.1, -0.05) is 38.0 Å². The first kappa shape index (κ1) is 34.2. The SMILES string of the molecule is CCc1cc(N2CCN(CCc3ccc(OCCCN4CCCCCC4)cc3)CC2)c2nc(CCC(=O)O)ccc2c1.O=CO. The van der Waals surface area contributed by atoms with Gasteiger partial charge in [-0.05, 0) is 86.7 Å². The van der Waals surface area contributed by atoms with Crippen molar-refractivity contribution in [1.29, 1.82) is 0 Å². The van der Waals surface area contributed by atoms with Crippen LogP contribution < -0.4 is 9.64 Å². The fourth-order valence-electron chi connectivity index (χ4n) is 6.23. The number of carbonyl (C=O) groups is 2. The lowest BCUT2D eigenvalue weighted by atomic mass is 10.0. The van der Waals surface area contributed by atoms with E-state index in [1.165, 1.54) is 55.6 Å². The first-order chi connectivity index (χ1) is 22.0. The second kappa shape index (κ2) is 18.3. The number of pyridine rings is 1. The molecular formula is C36H50N4O5. The molecule has 0 aliphatic carbocycles. The van der Waals surface area contributed by atoms with Gasteiger partial charge in [0.1, 0.15) is 5.75 Å². The molecule has 3 heterocycles. The molecule has 0 amide bonds. The quantitative estimate of drug-likeness (QED) is 0.189. The summed E-state index contributed by atoms with van der Waals surface area (Å²) in [7, 11) is 0. The van der Waals surface area contributed by atoms with Crippen molar-refractivity contribution in [3.63, 3.8) is 0 Å². The molecule has 0 saturated carbocycles. The number of ether oxygens (including phenoxy) is 1. The Labute approximate surface area is 267 Å². The predicted molar refractivity (Wildman–Crippen MR) is 180 cm³/mol. The Morgan fingerprint density at radius 1 is 0.867 bits per heavy atom. The standard InChI is InChI=1S/C35H48N4O3.CH2O2/c1-2-28-26-30-10-11-31(12-15-34(40)41)36-35(30)33(27-28)39-23-21-38(22-24-39)20-16-29-8-13-32(14-9-29)42-25-7-19-37-17-5-3-4-6-18-37;2-1-3/h8-11,13-14,26-27H,2-7,12,15-25H2,1H3,(H,40,41);1H,(H,2,3). The number of hydrogen-bond donors (Lipinski definition) is 2. The van der Waals surface area contributed by atoms with Crippen molar-refractivity contribution < 1.29 is 24.5 Å². The molecule has 2 fully saturated rings. The molecule has 9 nitrogen and oxygen atoms in total. The molecule has 9 heteroatoms. The number of carboxylic acids is 1. The van der Waals surface area contributed by atoms with Crippen LogP contribution in [-0.4, -0.2) is 96.4 Å². The van der Waals surface area contributed by atoms with Gasteiger partial charge in [-0.3, -0.25) is 19.5 Å². The lowest BCUT2D eigenvalue weighted by Crippen LogP contribution is -2.47. The highest BCUT2D eigenvalue weighted by atomic mass is 16.5. The van der Waals surface area contributed by atoms with Crippen LogP contribution in [0.4, 0.5) is 5.69 Å². The zero-order chi connectivity index (χ0) is 31.9. The van der Waals surface area contributed by atoms with E-state index in [1.807, 2.05) is 6.07 Å². The number of fused-ring (bicyclic) bond motifs is 1. The Hall–Kier alpha value is -3.69. The zero-order valence-electron chi connectivity index (χ0n) is 26.8. The van der Waals surface area contributed by atoms with Gasteiger partial charge in [0.25, 0.3) is 6.47 Å². The molecule has 2 aliphatic rings. The third kappa shape index (κ3) is 11.0. The van der Waals surface area contributed by atoms with Crippen molar-refractivity contribution in [2.24, 2.45) is 0 Å². The van der Waals surface area contributed by atoms with Crippen molar-refractivity contribution in [1.82, 2.24) is 14.8 Å². The van der Waals surface area contributed by atoms with E-state index in [0.717, 1.165) is 87.5 Å². The molecular weight excluding hydrogens is 568 g/mol. The molecule has 0 spiro atoms. The summed E-state index contributed by atoms with van der Waals surface area (Å²) >= 11 is 0. The summed E-state index contributed by atoms with van der Waals surface area (Å²) in [4.78, 5) is 32.0. The number of nitrogens with zero attached hydrogens (tertiary/aromatic N) is 4. The Morgan fingerprint density at radius 3 is 2.22 bits per heavy atom. The van der Waals surface area contributed by atoms with Gasteiger partial charge in [0, 0.05) is 56.8 Å². The summed E-state index contributed by atoms with van der Waals surface area (Å²) in [6.07, 6.45) is 9.14. The van der Waals surface area contributed by atoms with E-state index in [1.54, 1.807) is 0 Å². The molecule has 2 N–H and O–H groups in total. The lowest BCUT2D eigenvalue weighted by Gasteiger charge is -2.36. The molecule has 1 aromatic heterocycles. The molecule has 45 heavy (non-hydrogen) atoms. The highest BCUT2D eigenvalue weighted by Gasteiger charge is 2.20. The number of hydrogen-bond acceptors (Lipinski definition) is 7. The van der Waals surface area contributed by atoms with E-state index in [0.29, 0.717) is 6.42 Å². The summed E-state index contributed by atoms with van der Waals surface area (Å²) in [5.74, 6) is 0.192. The van der Waals surface area contributed by atoms with Gasteiger partial charge in [0.15, 0.2) is 0 Å². The second-order valence-corrected chi connectivity index (χ2v) is 12.0. The predicted octanol–water partition coefficient (Wildman–Crippen LogP) is 5.52. The van der Waals surface area contributed by atoms with Crippen LogP contribution in [0.5, 0.6) is 5.75 Å². The van der Waals surface area contributed by atoms with Crippen LogP contribution in [0.15, 0.2) is 48.5 Å². The topological polar surface area (TPSA) is 106 Å². The minimum absolute atomic E-state index is 0.105. The largest absolute Gasteiger partial charge is 0.494 e. The Morgan fingerprint density at radius 2 is 1.56 bits per heavy atom. The van der Waals surface area contributed by atoms with Crippen molar-refractivity contribution >= 4 is 29.0 Å². The Balaban J connectivity index is 0.00000148. The second-order valence-electron chi connectivity index (χ2n) is 12.0. The molecule has 5 rings (SSSR count). The number of piperazine rings is 1. The maximum Gasteiger partial charge on any atom is 0.303 e. The smallest absolute Gasteiger partial charge is 0.303 e. The zero-order valence-corrected chi connectivity index (χ0v) is 26.8. The number of rotatable bonds is 13.